The summed E-state index contributed by atoms with van der Waals surface area (Å²) in [5.74, 6) is -1.49. The number of hydrogen-bond donors (Lipinski definition) is 2. The van der Waals surface area contributed by atoms with Gasteiger partial charge in [0.25, 0.3) is 5.91 Å². The van der Waals surface area contributed by atoms with Crippen LogP contribution in [0.2, 0.25) is 0 Å². The van der Waals surface area contributed by atoms with E-state index in [1.54, 1.807) is 50.2 Å². The average Bonchev–Trinajstić information content (AvgIpc) is 2.93. The van der Waals surface area contributed by atoms with Crippen LogP contribution in [-0.4, -0.2) is 41.9 Å². The number of amides is 4. The number of rotatable bonds is 6. The van der Waals surface area contributed by atoms with E-state index in [0.29, 0.717) is 16.8 Å². The van der Waals surface area contributed by atoms with Crippen LogP contribution in [0.4, 0.5) is 10.5 Å². The Hall–Kier alpha value is -3.68. The van der Waals surface area contributed by atoms with Gasteiger partial charge in [-0.3, -0.25) is 14.5 Å². The number of nitrogens with one attached hydrogen (secondary N) is 2. The summed E-state index contributed by atoms with van der Waals surface area (Å²) in [7, 11) is 0. The van der Waals surface area contributed by atoms with Gasteiger partial charge in [-0.05, 0) is 43.7 Å². The molecule has 2 aromatic carbocycles. The fourth-order valence-electron chi connectivity index (χ4n) is 3.06. The van der Waals surface area contributed by atoms with Crippen LogP contribution in [0.3, 0.4) is 0 Å². The fraction of sp³-hybridized carbons (Fsp3) is 0.238. The second-order valence-corrected chi connectivity index (χ2v) is 6.66. The normalized spacial score (nSPS) is 18.3. The predicted octanol–water partition coefficient (Wildman–Crippen LogP) is 2.27. The molecule has 0 unspecified atom stereocenters. The van der Waals surface area contributed by atoms with Crippen LogP contribution >= 0.6 is 0 Å². The van der Waals surface area contributed by atoms with Crippen LogP contribution < -0.4 is 10.6 Å². The molecule has 2 aromatic rings. The van der Waals surface area contributed by atoms with E-state index in [1.807, 2.05) is 6.07 Å². The molecule has 2 N–H and O–H groups in total. The molecule has 1 aliphatic heterocycles. The van der Waals surface area contributed by atoms with Crippen molar-refractivity contribution in [3.63, 3.8) is 0 Å². The molecule has 3 rings (SSSR count). The second-order valence-electron chi connectivity index (χ2n) is 6.66. The molecule has 0 spiro atoms. The minimum Gasteiger partial charge on any atom is -0.462 e. The van der Waals surface area contributed by atoms with Crippen molar-refractivity contribution in [2.75, 3.05) is 18.5 Å². The number of anilines is 1. The maximum absolute atomic E-state index is 12.8. The Balaban J connectivity index is 1.65. The van der Waals surface area contributed by atoms with Crippen LogP contribution in [0.5, 0.6) is 0 Å². The summed E-state index contributed by atoms with van der Waals surface area (Å²) >= 11 is 0. The van der Waals surface area contributed by atoms with Gasteiger partial charge in [-0.15, -0.1) is 0 Å². The first kappa shape index (κ1) is 20.1. The Labute approximate surface area is 167 Å². The van der Waals surface area contributed by atoms with Gasteiger partial charge in [0.1, 0.15) is 12.1 Å². The maximum atomic E-state index is 12.8. The number of urea groups is 1. The number of carbonyl (C=O) groups excluding carboxylic acids is 4. The zero-order valence-electron chi connectivity index (χ0n) is 16.1. The van der Waals surface area contributed by atoms with Crippen molar-refractivity contribution < 1.29 is 23.9 Å². The molecule has 1 atom stereocenters. The third kappa shape index (κ3) is 4.11. The zero-order chi connectivity index (χ0) is 21.0. The van der Waals surface area contributed by atoms with Gasteiger partial charge in [-0.1, -0.05) is 30.3 Å². The quantitative estimate of drug-likeness (QED) is 0.577. The van der Waals surface area contributed by atoms with Crippen molar-refractivity contribution in [1.29, 1.82) is 0 Å². The molecule has 8 heteroatoms. The molecule has 1 aliphatic rings. The SMILES string of the molecule is CCOC(=O)c1ccc(NC(=O)CN2C(=O)N[C@](C)(c3ccccc3)C2=O)cc1. The molecular weight excluding hydrogens is 374 g/mol. The first-order valence-electron chi connectivity index (χ1n) is 9.12. The van der Waals surface area contributed by atoms with Gasteiger partial charge in [-0.25, -0.2) is 9.59 Å². The van der Waals surface area contributed by atoms with Gasteiger partial charge in [-0.2, -0.15) is 0 Å². The number of esters is 1. The van der Waals surface area contributed by atoms with E-state index in [-0.39, 0.29) is 6.61 Å². The monoisotopic (exact) mass is 395 g/mol. The number of nitrogens with zero attached hydrogens (tertiary/aromatic N) is 1. The van der Waals surface area contributed by atoms with E-state index in [1.165, 1.54) is 12.1 Å². The van der Waals surface area contributed by atoms with Gasteiger partial charge < -0.3 is 15.4 Å². The number of benzene rings is 2. The average molecular weight is 395 g/mol. The Bertz CT molecular complexity index is 943. The number of hydrogen-bond acceptors (Lipinski definition) is 5. The Morgan fingerprint density at radius 2 is 1.72 bits per heavy atom. The van der Waals surface area contributed by atoms with E-state index < -0.39 is 35.9 Å². The van der Waals surface area contributed by atoms with Crippen molar-refractivity contribution in [2.24, 2.45) is 0 Å². The largest absolute Gasteiger partial charge is 0.462 e. The van der Waals surface area contributed by atoms with Gasteiger partial charge in [0.15, 0.2) is 0 Å². The molecule has 4 amide bonds. The first-order chi connectivity index (χ1) is 13.8. The number of ether oxygens (including phenoxy) is 1. The number of carbonyl (C=O) groups is 4. The van der Waals surface area contributed by atoms with Crippen molar-refractivity contribution in [3.05, 3.63) is 65.7 Å². The summed E-state index contributed by atoms with van der Waals surface area (Å²) in [6.45, 7) is 3.16. The molecule has 0 bridgehead atoms. The van der Waals surface area contributed by atoms with Crippen LogP contribution in [0.1, 0.15) is 29.8 Å². The highest BCUT2D eigenvalue weighted by Gasteiger charge is 2.49. The van der Waals surface area contributed by atoms with Crippen LogP contribution in [-0.2, 0) is 19.9 Å². The summed E-state index contributed by atoms with van der Waals surface area (Å²) in [5.41, 5.74) is 0.203. The molecule has 0 radical (unpaired) electrons. The maximum Gasteiger partial charge on any atom is 0.338 e. The van der Waals surface area contributed by atoms with Crippen molar-refractivity contribution in [3.8, 4) is 0 Å². The lowest BCUT2D eigenvalue weighted by Gasteiger charge is -2.22. The highest BCUT2D eigenvalue weighted by atomic mass is 16.5. The zero-order valence-corrected chi connectivity index (χ0v) is 16.1. The minimum absolute atomic E-state index is 0.269. The molecule has 1 saturated heterocycles. The summed E-state index contributed by atoms with van der Waals surface area (Å²) in [4.78, 5) is 50.0. The molecule has 150 valence electrons. The topological polar surface area (TPSA) is 105 Å². The lowest BCUT2D eigenvalue weighted by Crippen LogP contribution is -2.42. The molecule has 0 saturated carbocycles. The van der Waals surface area contributed by atoms with Gasteiger partial charge in [0, 0.05) is 5.69 Å². The van der Waals surface area contributed by atoms with E-state index in [0.717, 1.165) is 4.90 Å². The molecule has 8 nitrogen and oxygen atoms in total. The van der Waals surface area contributed by atoms with E-state index in [4.69, 9.17) is 4.74 Å². The molecule has 1 heterocycles. The first-order valence-corrected chi connectivity index (χ1v) is 9.12. The van der Waals surface area contributed by atoms with Gasteiger partial charge in [0.2, 0.25) is 5.91 Å². The van der Waals surface area contributed by atoms with Crippen molar-refractivity contribution >= 4 is 29.5 Å². The summed E-state index contributed by atoms with van der Waals surface area (Å²) in [6, 6.07) is 14.3. The Morgan fingerprint density at radius 3 is 2.34 bits per heavy atom. The smallest absolute Gasteiger partial charge is 0.338 e. The Morgan fingerprint density at radius 1 is 1.07 bits per heavy atom. The lowest BCUT2D eigenvalue weighted by atomic mass is 9.92. The van der Waals surface area contributed by atoms with E-state index in [2.05, 4.69) is 10.6 Å². The standard InChI is InChI=1S/C21H21N3O5/c1-3-29-18(26)14-9-11-16(12-10-14)22-17(25)13-24-19(27)21(2,23-20(24)28)15-7-5-4-6-8-15/h4-12H,3,13H2,1-2H3,(H,22,25)(H,23,28)/t21-/m1/s1. The summed E-state index contributed by atoms with van der Waals surface area (Å²) < 4.78 is 4.90. The highest BCUT2D eigenvalue weighted by molar-refractivity contribution is 6.10. The van der Waals surface area contributed by atoms with Gasteiger partial charge >= 0.3 is 12.0 Å². The summed E-state index contributed by atoms with van der Waals surface area (Å²) in [5, 5.41) is 5.26. The predicted molar refractivity (Wildman–Crippen MR) is 105 cm³/mol. The van der Waals surface area contributed by atoms with E-state index >= 15 is 0 Å². The fourth-order valence-corrected chi connectivity index (χ4v) is 3.06. The molecular formula is C21H21N3O5. The van der Waals surface area contributed by atoms with Crippen LogP contribution in [0, 0.1) is 0 Å². The van der Waals surface area contributed by atoms with Crippen molar-refractivity contribution in [1.82, 2.24) is 10.2 Å². The molecule has 1 fully saturated rings. The minimum atomic E-state index is -1.22. The van der Waals surface area contributed by atoms with Gasteiger partial charge in [0.05, 0.1) is 12.2 Å². The highest BCUT2D eigenvalue weighted by Crippen LogP contribution is 2.28. The second kappa shape index (κ2) is 8.14. The Kier molecular flexibility index (Phi) is 5.63. The lowest BCUT2D eigenvalue weighted by molar-refractivity contribution is -0.133. The number of imide groups is 1. The van der Waals surface area contributed by atoms with E-state index in [9.17, 15) is 19.2 Å². The van der Waals surface area contributed by atoms with Crippen LogP contribution in [0.15, 0.2) is 54.6 Å². The molecule has 0 aromatic heterocycles. The molecule has 0 aliphatic carbocycles. The molecule has 29 heavy (non-hydrogen) atoms. The third-order valence-electron chi connectivity index (χ3n) is 4.61. The van der Waals surface area contributed by atoms with Crippen molar-refractivity contribution in [2.45, 2.75) is 19.4 Å². The van der Waals surface area contributed by atoms with Crippen LogP contribution in [0.25, 0.3) is 0 Å². The summed E-state index contributed by atoms with van der Waals surface area (Å²) in [6.07, 6.45) is 0. The third-order valence-corrected chi connectivity index (χ3v) is 4.61.